The molecule has 0 bridgehead atoms. The first-order valence-electron chi connectivity index (χ1n) is 7.32. The number of benzene rings is 1. The summed E-state index contributed by atoms with van der Waals surface area (Å²) < 4.78 is 2.08. The zero-order valence-electron chi connectivity index (χ0n) is 13.2. The third-order valence-electron chi connectivity index (χ3n) is 3.49. The Bertz CT molecular complexity index is 549. The summed E-state index contributed by atoms with van der Waals surface area (Å²) in [6.45, 7) is 6.21. The summed E-state index contributed by atoms with van der Waals surface area (Å²) in [5.41, 5.74) is 1.93. The fourth-order valence-electron chi connectivity index (χ4n) is 2.76. The third kappa shape index (κ3) is 3.39. The van der Waals surface area contributed by atoms with Gasteiger partial charge in [-0.25, -0.2) is 4.98 Å². The first-order valence-corrected chi connectivity index (χ1v) is 7.32. The lowest BCUT2D eigenvalue weighted by Gasteiger charge is -2.19. The van der Waals surface area contributed by atoms with E-state index in [0.29, 0.717) is 11.6 Å². The molecule has 0 spiro atoms. The van der Waals surface area contributed by atoms with Crippen LogP contribution in [0.5, 0.6) is 0 Å². The third-order valence-corrected chi connectivity index (χ3v) is 3.49. The SMILES string of the molecule is CC.CC1Cc2ncc(C=O)n2C1c1ccccc1.CO. The van der Waals surface area contributed by atoms with Gasteiger partial charge in [0.2, 0.25) is 0 Å². The molecule has 2 aromatic rings. The van der Waals surface area contributed by atoms with Crippen LogP contribution in [0.2, 0.25) is 0 Å². The van der Waals surface area contributed by atoms with Crippen molar-refractivity contribution in [1.29, 1.82) is 0 Å². The molecule has 0 saturated carbocycles. The van der Waals surface area contributed by atoms with E-state index in [4.69, 9.17) is 5.11 Å². The number of aliphatic hydroxyl groups excluding tert-OH is 1. The number of nitrogens with zero attached hydrogens (tertiary/aromatic N) is 2. The van der Waals surface area contributed by atoms with Crippen molar-refractivity contribution < 1.29 is 9.90 Å². The Morgan fingerprint density at radius 1 is 1.24 bits per heavy atom. The second-order valence-electron chi connectivity index (χ2n) is 4.62. The van der Waals surface area contributed by atoms with Crippen LogP contribution in [0, 0.1) is 5.92 Å². The average Bonchev–Trinajstić information content (AvgIpc) is 3.09. The Morgan fingerprint density at radius 3 is 2.43 bits per heavy atom. The fraction of sp³-hybridized carbons (Fsp3) is 0.412. The van der Waals surface area contributed by atoms with E-state index in [9.17, 15) is 4.79 Å². The van der Waals surface area contributed by atoms with Crippen molar-refractivity contribution in [2.24, 2.45) is 5.92 Å². The van der Waals surface area contributed by atoms with Crippen molar-refractivity contribution in [2.45, 2.75) is 33.2 Å². The van der Waals surface area contributed by atoms with Crippen molar-refractivity contribution >= 4 is 6.29 Å². The molecule has 3 rings (SSSR count). The minimum absolute atomic E-state index is 0.244. The van der Waals surface area contributed by atoms with Gasteiger partial charge in [0.15, 0.2) is 6.29 Å². The molecule has 21 heavy (non-hydrogen) atoms. The van der Waals surface area contributed by atoms with E-state index in [-0.39, 0.29) is 6.04 Å². The molecule has 0 aliphatic carbocycles. The summed E-state index contributed by atoms with van der Waals surface area (Å²) in [5.74, 6) is 1.51. The van der Waals surface area contributed by atoms with Crippen LogP contribution in [0.1, 0.15) is 48.7 Å². The Kier molecular flexibility index (Phi) is 6.82. The molecule has 2 unspecified atom stereocenters. The van der Waals surface area contributed by atoms with Crippen LogP contribution in [0.25, 0.3) is 0 Å². The van der Waals surface area contributed by atoms with E-state index in [2.05, 4.69) is 28.6 Å². The number of carbonyl (C=O) groups excluding carboxylic acids is 1. The molecular formula is C17H24N2O2. The van der Waals surface area contributed by atoms with E-state index >= 15 is 0 Å². The second-order valence-corrected chi connectivity index (χ2v) is 4.62. The molecule has 1 aliphatic rings. The van der Waals surface area contributed by atoms with Crippen molar-refractivity contribution in [2.75, 3.05) is 7.11 Å². The maximum absolute atomic E-state index is 11.1. The van der Waals surface area contributed by atoms with E-state index in [0.717, 1.165) is 25.6 Å². The molecule has 4 heteroatoms. The number of hydrogen-bond acceptors (Lipinski definition) is 3. The lowest BCUT2D eigenvalue weighted by atomic mass is 9.95. The number of aldehydes is 1. The minimum Gasteiger partial charge on any atom is -0.400 e. The van der Waals surface area contributed by atoms with Crippen LogP contribution in [-0.4, -0.2) is 28.1 Å². The number of rotatable bonds is 2. The highest BCUT2D eigenvalue weighted by molar-refractivity contribution is 5.72. The summed E-state index contributed by atoms with van der Waals surface area (Å²) in [4.78, 5) is 15.4. The van der Waals surface area contributed by atoms with Crippen LogP contribution >= 0.6 is 0 Å². The molecule has 1 N–H and O–H groups in total. The molecule has 0 fully saturated rings. The Hall–Kier alpha value is -1.94. The van der Waals surface area contributed by atoms with E-state index < -0.39 is 0 Å². The van der Waals surface area contributed by atoms with Crippen LogP contribution in [0.4, 0.5) is 0 Å². The summed E-state index contributed by atoms with van der Waals surface area (Å²) in [7, 11) is 1.00. The van der Waals surface area contributed by atoms with Crippen molar-refractivity contribution in [3.8, 4) is 0 Å². The highest BCUT2D eigenvalue weighted by Crippen LogP contribution is 2.36. The topological polar surface area (TPSA) is 55.1 Å². The van der Waals surface area contributed by atoms with Crippen molar-refractivity contribution in [3.63, 3.8) is 0 Å². The number of aromatic nitrogens is 2. The van der Waals surface area contributed by atoms with Gasteiger partial charge in [-0.15, -0.1) is 0 Å². The normalized spacial score (nSPS) is 18.7. The van der Waals surface area contributed by atoms with Crippen molar-refractivity contribution in [3.05, 3.63) is 53.6 Å². The van der Waals surface area contributed by atoms with Gasteiger partial charge in [-0.1, -0.05) is 51.1 Å². The van der Waals surface area contributed by atoms with Crippen LogP contribution < -0.4 is 0 Å². The number of fused-ring (bicyclic) bond motifs is 1. The van der Waals surface area contributed by atoms with Crippen LogP contribution in [-0.2, 0) is 6.42 Å². The molecule has 2 atom stereocenters. The molecule has 1 aliphatic heterocycles. The van der Waals surface area contributed by atoms with Gasteiger partial charge in [-0.3, -0.25) is 4.79 Å². The molecule has 114 valence electrons. The molecule has 0 amide bonds. The Balaban J connectivity index is 0.000000510. The summed E-state index contributed by atoms with van der Waals surface area (Å²) >= 11 is 0. The smallest absolute Gasteiger partial charge is 0.168 e. The summed E-state index contributed by atoms with van der Waals surface area (Å²) in [6.07, 6.45) is 3.50. The number of aliphatic hydroxyl groups is 1. The summed E-state index contributed by atoms with van der Waals surface area (Å²) in [5, 5.41) is 7.00. The molecular weight excluding hydrogens is 264 g/mol. The highest BCUT2D eigenvalue weighted by atomic mass is 16.2. The molecule has 1 aromatic carbocycles. The summed E-state index contributed by atoms with van der Waals surface area (Å²) in [6, 6.07) is 10.6. The Labute approximate surface area is 126 Å². The van der Waals surface area contributed by atoms with Gasteiger partial charge in [0.1, 0.15) is 11.5 Å². The van der Waals surface area contributed by atoms with Gasteiger partial charge in [0.05, 0.1) is 12.2 Å². The number of imidazole rings is 1. The average molecular weight is 288 g/mol. The van der Waals surface area contributed by atoms with Crippen LogP contribution in [0.3, 0.4) is 0 Å². The van der Waals surface area contributed by atoms with Crippen molar-refractivity contribution in [1.82, 2.24) is 9.55 Å². The van der Waals surface area contributed by atoms with Gasteiger partial charge in [-0.2, -0.15) is 0 Å². The molecule has 4 nitrogen and oxygen atoms in total. The van der Waals surface area contributed by atoms with E-state index in [1.807, 2.05) is 32.0 Å². The molecule has 0 saturated heterocycles. The van der Waals surface area contributed by atoms with Gasteiger partial charge >= 0.3 is 0 Å². The maximum atomic E-state index is 11.1. The van der Waals surface area contributed by atoms with Gasteiger partial charge in [0, 0.05) is 13.5 Å². The predicted octanol–water partition coefficient (Wildman–Crippen LogP) is 3.11. The van der Waals surface area contributed by atoms with E-state index in [1.54, 1.807) is 6.20 Å². The van der Waals surface area contributed by atoms with Crippen LogP contribution in [0.15, 0.2) is 36.5 Å². The lowest BCUT2D eigenvalue weighted by Crippen LogP contribution is -2.14. The minimum atomic E-state index is 0.244. The number of carbonyl (C=O) groups is 1. The van der Waals surface area contributed by atoms with Gasteiger partial charge < -0.3 is 9.67 Å². The zero-order valence-corrected chi connectivity index (χ0v) is 13.2. The quantitative estimate of drug-likeness (QED) is 0.864. The lowest BCUT2D eigenvalue weighted by molar-refractivity contribution is 0.111. The number of hydrogen-bond donors (Lipinski definition) is 1. The maximum Gasteiger partial charge on any atom is 0.168 e. The Morgan fingerprint density at radius 2 is 1.86 bits per heavy atom. The first-order chi connectivity index (χ1) is 10.3. The van der Waals surface area contributed by atoms with E-state index in [1.165, 1.54) is 5.56 Å². The first kappa shape index (κ1) is 17.1. The second kappa shape index (κ2) is 8.37. The standard InChI is InChI=1S/C14H14N2O.C2H6.CH4O/c1-10-7-13-15-8-12(9-17)16(13)14(10)11-5-3-2-4-6-11;2*1-2/h2-6,8-10,14H,7H2,1H3;1-2H3;2H,1H3. The zero-order chi connectivity index (χ0) is 15.8. The largest absolute Gasteiger partial charge is 0.400 e. The molecule has 0 radical (unpaired) electrons. The molecule has 1 aromatic heterocycles. The highest BCUT2D eigenvalue weighted by Gasteiger charge is 2.32. The van der Waals surface area contributed by atoms with Gasteiger partial charge in [-0.05, 0) is 11.5 Å². The monoisotopic (exact) mass is 288 g/mol. The molecule has 2 heterocycles. The predicted molar refractivity (Wildman–Crippen MR) is 84.6 cm³/mol. The van der Waals surface area contributed by atoms with Gasteiger partial charge in [0.25, 0.3) is 0 Å². The fourth-order valence-corrected chi connectivity index (χ4v) is 2.76.